The van der Waals surface area contributed by atoms with Gasteiger partial charge < -0.3 is 19.1 Å². The second kappa shape index (κ2) is 23.9. The number of alkyl halides is 3. The molecule has 0 amide bonds. The van der Waals surface area contributed by atoms with Crippen LogP contribution in [0.2, 0.25) is 0 Å². The van der Waals surface area contributed by atoms with Crippen molar-refractivity contribution in [2.24, 2.45) is 10.3 Å². The first-order chi connectivity index (χ1) is 24.0. The number of hydrogen-bond acceptors (Lipinski definition) is 8. The fraction of sp³-hybridized carbons (Fsp3) is 0.615. The maximum atomic E-state index is 12.9. The van der Waals surface area contributed by atoms with E-state index in [1.807, 2.05) is 0 Å². The van der Waals surface area contributed by atoms with Gasteiger partial charge in [-0.3, -0.25) is 4.90 Å². The van der Waals surface area contributed by atoms with Crippen molar-refractivity contribution in [1.29, 1.82) is 0 Å². The van der Waals surface area contributed by atoms with Gasteiger partial charge in [0.1, 0.15) is 13.7 Å². The zero-order valence-corrected chi connectivity index (χ0v) is 30.9. The Morgan fingerprint density at radius 3 is 2.04 bits per heavy atom. The standard InChI is InChI=1S/C20H19F3N2O4.C19H39NO/c1-13(14-8-6-9-16(11-14)20(21,22)23)24-29-12-15-7-4-5-10-17(15)18(25-28-3)19(26)27-2;1-4-5-6-7-8-9-10-11-12-13-14-15-20-16-18(2)21-19(3)17-20/h4-11H,12H2,1-3H3;18-19H,4-17H2,1-3H3/b24-13+,25-18+;. The molecule has 50 heavy (non-hydrogen) atoms. The van der Waals surface area contributed by atoms with Crippen molar-refractivity contribution in [2.75, 3.05) is 33.9 Å². The molecule has 0 saturated carbocycles. The Bertz CT molecular complexity index is 1310. The number of rotatable bonds is 19. The van der Waals surface area contributed by atoms with Gasteiger partial charge in [-0.25, -0.2) is 4.79 Å². The smallest absolute Gasteiger partial charge is 0.416 e. The van der Waals surface area contributed by atoms with Crippen molar-refractivity contribution >= 4 is 17.4 Å². The number of esters is 1. The average molecular weight is 706 g/mol. The Kier molecular flexibility index (Phi) is 20.4. The molecule has 2 aromatic rings. The van der Waals surface area contributed by atoms with Crippen LogP contribution >= 0.6 is 0 Å². The maximum Gasteiger partial charge on any atom is 0.416 e. The Labute approximate surface area is 297 Å². The first kappa shape index (κ1) is 42.7. The monoisotopic (exact) mass is 705 g/mol. The summed E-state index contributed by atoms with van der Waals surface area (Å²) < 4.78 is 49.0. The minimum absolute atomic E-state index is 0.0484. The number of unbranched alkanes of at least 4 members (excludes halogenated alkanes) is 10. The molecule has 2 atom stereocenters. The molecule has 0 radical (unpaired) electrons. The van der Waals surface area contributed by atoms with Gasteiger partial charge in [-0.2, -0.15) is 13.2 Å². The van der Waals surface area contributed by atoms with E-state index in [1.165, 1.54) is 110 Å². The third kappa shape index (κ3) is 16.5. The predicted octanol–water partition coefficient (Wildman–Crippen LogP) is 9.58. The molecular formula is C39H58F3N3O5. The molecule has 280 valence electrons. The van der Waals surface area contributed by atoms with E-state index in [0.717, 1.165) is 25.2 Å². The van der Waals surface area contributed by atoms with Crippen molar-refractivity contribution in [2.45, 2.75) is 123 Å². The molecule has 1 saturated heterocycles. The van der Waals surface area contributed by atoms with E-state index in [4.69, 9.17) is 19.1 Å². The van der Waals surface area contributed by atoms with E-state index in [1.54, 1.807) is 24.3 Å². The lowest BCUT2D eigenvalue weighted by Crippen LogP contribution is -2.45. The highest BCUT2D eigenvalue weighted by Gasteiger charge is 2.30. The first-order valence-corrected chi connectivity index (χ1v) is 18.0. The molecule has 11 heteroatoms. The molecule has 1 fully saturated rings. The third-order valence-corrected chi connectivity index (χ3v) is 8.44. The first-order valence-electron chi connectivity index (χ1n) is 18.0. The fourth-order valence-corrected chi connectivity index (χ4v) is 5.90. The molecule has 8 nitrogen and oxygen atoms in total. The molecule has 0 aliphatic carbocycles. The highest BCUT2D eigenvalue weighted by Crippen LogP contribution is 2.29. The Morgan fingerprint density at radius 1 is 0.860 bits per heavy atom. The van der Waals surface area contributed by atoms with Crippen LogP contribution < -0.4 is 0 Å². The Morgan fingerprint density at radius 2 is 1.46 bits per heavy atom. The van der Waals surface area contributed by atoms with Crippen molar-refractivity contribution in [3.05, 3.63) is 70.8 Å². The topological polar surface area (TPSA) is 82.0 Å². The van der Waals surface area contributed by atoms with Gasteiger partial charge in [0.05, 0.1) is 30.6 Å². The normalized spacial score (nSPS) is 17.1. The quantitative estimate of drug-likeness (QED) is 0.0627. The van der Waals surface area contributed by atoms with Gasteiger partial charge >= 0.3 is 12.1 Å². The van der Waals surface area contributed by atoms with Crippen LogP contribution in [0.25, 0.3) is 0 Å². The summed E-state index contributed by atoms with van der Waals surface area (Å²) in [6, 6.07) is 11.5. The number of nitrogens with zero attached hydrogens (tertiary/aromatic N) is 3. The maximum absolute atomic E-state index is 12.9. The molecule has 3 rings (SSSR count). The van der Waals surface area contributed by atoms with Gasteiger partial charge in [-0.05, 0) is 51.4 Å². The van der Waals surface area contributed by atoms with E-state index >= 15 is 0 Å². The summed E-state index contributed by atoms with van der Waals surface area (Å²) in [6.45, 7) is 11.7. The lowest BCUT2D eigenvalue weighted by atomic mass is 10.0. The van der Waals surface area contributed by atoms with Crippen molar-refractivity contribution < 1.29 is 37.1 Å². The van der Waals surface area contributed by atoms with Gasteiger partial charge in [0.2, 0.25) is 0 Å². The van der Waals surface area contributed by atoms with Crippen LogP contribution in [-0.2, 0) is 36.7 Å². The van der Waals surface area contributed by atoms with Gasteiger partial charge in [-0.15, -0.1) is 0 Å². The molecule has 0 spiro atoms. The van der Waals surface area contributed by atoms with Gasteiger partial charge in [0, 0.05) is 24.2 Å². The number of morpholine rings is 1. The Balaban J connectivity index is 0.000000366. The molecule has 2 aromatic carbocycles. The van der Waals surface area contributed by atoms with Crippen LogP contribution in [0.1, 0.15) is 121 Å². The van der Waals surface area contributed by atoms with Crippen molar-refractivity contribution in [3.63, 3.8) is 0 Å². The summed E-state index contributed by atoms with van der Waals surface area (Å²) in [5.74, 6) is -0.692. The number of ether oxygens (including phenoxy) is 2. The molecule has 1 aliphatic rings. The summed E-state index contributed by atoms with van der Waals surface area (Å²) in [7, 11) is 2.51. The van der Waals surface area contributed by atoms with Crippen LogP contribution in [0.3, 0.4) is 0 Å². The van der Waals surface area contributed by atoms with E-state index in [9.17, 15) is 18.0 Å². The Hall–Kier alpha value is -3.44. The van der Waals surface area contributed by atoms with Gasteiger partial charge in [-0.1, -0.05) is 118 Å². The zero-order chi connectivity index (χ0) is 36.8. The van der Waals surface area contributed by atoms with E-state index in [-0.39, 0.29) is 23.6 Å². The number of carbonyl (C=O) groups is 1. The van der Waals surface area contributed by atoms with Crippen LogP contribution in [0.5, 0.6) is 0 Å². The number of halogens is 3. The largest absolute Gasteiger partial charge is 0.464 e. The number of oxime groups is 2. The molecule has 1 heterocycles. The predicted molar refractivity (Wildman–Crippen MR) is 193 cm³/mol. The molecule has 0 N–H and O–H groups in total. The lowest BCUT2D eigenvalue weighted by molar-refractivity contribution is -0.137. The number of hydrogen-bond donors (Lipinski definition) is 0. The van der Waals surface area contributed by atoms with Crippen LogP contribution in [0, 0.1) is 0 Å². The number of carbonyl (C=O) groups excluding carboxylic acids is 1. The van der Waals surface area contributed by atoms with Crippen LogP contribution in [0.4, 0.5) is 13.2 Å². The minimum Gasteiger partial charge on any atom is -0.464 e. The minimum atomic E-state index is -4.44. The lowest BCUT2D eigenvalue weighted by Gasteiger charge is -2.35. The average Bonchev–Trinajstić information content (AvgIpc) is 3.09. The second-order valence-corrected chi connectivity index (χ2v) is 12.9. The van der Waals surface area contributed by atoms with Crippen molar-refractivity contribution in [1.82, 2.24) is 4.90 Å². The summed E-state index contributed by atoms with van der Waals surface area (Å²) >= 11 is 0. The molecule has 0 aromatic heterocycles. The second-order valence-electron chi connectivity index (χ2n) is 12.9. The molecule has 2 unspecified atom stereocenters. The molecular weight excluding hydrogens is 647 g/mol. The summed E-state index contributed by atoms with van der Waals surface area (Å²) in [6.07, 6.45) is 12.1. The van der Waals surface area contributed by atoms with E-state index in [0.29, 0.717) is 23.3 Å². The molecule has 0 bridgehead atoms. The SMILES string of the molecule is CCCCCCCCCCCCCN1CC(C)OC(C)C1.CO/N=C(/C(=O)OC)c1ccccc1CO/N=C(\C)c1cccc(C(F)(F)F)c1. The van der Waals surface area contributed by atoms with Gasteiger partial charge in [0.15, 0.2) is 5.71 Å². The highest BCUT2D eigenvalue weighted by atomic mass is 19.4. The zero-order valence-electron chi connectivity index (χ0n) is 30.9. The summed E-state index contributed by atoms with van der Waals surface area (Å²) in [5, 5.41) is 7.58. The summed E-state index contributed by atoms with van der Waals surface area (Å²) in [4.78, 5) is 24.5. The highest BCUT2D eigenvalue weighted by molar-refractivity contribution is 6.43. The van der Waals surface area contributed by atoms with E-state index < -0.39 is 17.7 Å². The van der Waals surface area contributed by atoms with Crippen molar-refractivity contribution in [3.8, 4) is 0 Å². The van der Waals surface area contributed by atoms with E-state index in [2.05, 4.69) is 36.0 Å². The van der Waals surface area contributed by atoms with Crippen LogP contribution in [-0.4, -0.2) is 68.4 Å². The van der Waals surface area contributed by atoms with Crippen LogP contribution in [0.15, 0.2) is 58.8 Å². The van der Waals surface area contributed by atoms with Gasteiger partial charge in [0.25, 0.3) is 0 Å². The third-order valence-electron chi connectivity index (χ3n) is 8.44. The summed E-state index contributed by atoms with van der Waals surface area (Å²) in [5.41, 5.74) is 0.722. The number of methoxy groups -OCH3 is 1. The fourth-order valence-electron chi connectivity index (χ4n) is 5.90. The molecule has 1 aliphatic heterocycles. The number of benzene rings is 2.